The van der Waals surface area contributed by atoms with Crippen molar-refractivity contribution in [2.45, 2.75) is 6.61 Å². The van der Waals surface area contributed by atoms with Crippen molar-refractivity contribution in [1.29, 1.82) is 5.26 Å². The molecule has 2 heteroatoms. The van der Waals surface area contributed by atoms with E-state index in [9.17, 15) is 0 Å². The Morgan fingerprint density at radius 3 is 2.57 bits per heavy atom. The van der Waals surface area contributed by atoms with E-state index in [2.05, 4.69) is 6.07 Å². The molecular weight excluding hydrogens is 174 g/mol. The Labute approximate surface area is 82.0 Å². The van der Waals surface area contributed by atoms with Crippen LogP contribution in [0.2, 0.25) is 0 Å². The molecule has 0 saturated heterocycles. The fourth-order valence-electron chi connectivity index (χ4n) is 1.46. The molecule has 0 aliphatic rings. The number of aliphatic hydroxyl groups is 1. The summed E-state index contributed by atoms with van der Waals surface area (Å²) in [6.45, 7) is 0.0344. The third-order valence-corrected chi connectivity index (χ3v) is 2.22. The van der Waals surface area contributed by atoms with Gasteiger partial charge in [-0.1, -0.05) is 18.2 Å². The van der Waals surface area contributed by atoms with Gasteiger partial charge in [-0.2, -0.15) is 5.26 Å². The number of nitrogens with zero attached hydrogens (tertiary/aromatic N) is 1. The number of fused-ring (bicyclic) bond motifs is 1. The molecule has 68 valence electrons. The van der Waals surface area contributed by atoms with Crippen molar-refractivity contribution in [3.63, 3.8) is 0 Å². The van der Waals surface area contributed by atoms with Gasteiger partial charge in [-0.15, -0.1) is 0 Å². The van der Waals surface area contributed by atoms with Crippen LogP contribution >= 0.6 is 0 Å². The number of hydrogen-bond donors (Lipinski definition) is 1. The first-order valence-corrected chi connectivity index (χ1v) is 4.37. The summed E-state index contributed by atoms with van der Waals surface area (Å²) in [6, 6.07) is 13.4. The Bertz CT molecular complexity index is 511. The van der Waals surface area contributed by atoms with Crippen LogP contribution in [0.5, 0.6) is 0 Å². The zero-order valence-electron chi connectivity index (χ0n) is 7.57. The molecule has 0 aliphatic carbocycles. The quantitative estimate of drug-likeness (QED) is 0.736. The molecule has 0 unspecified atom stereocenters. The number of aliphatic hydroxyl groups excluding tert-OH is 1. The fraction of sp³-hybridized carbons (Fsp3) is 0.0833. The maximum absolute atomic E-state index is 8.96. The molecule has 0 bridgehead atoms. The average molecular weight is 183 g/mol. The molecule has 0 radical (unpaired) electrons. The molecule has 2 aromatic rings. The SMILES string of the molecule is N#Cc1ccc2ccc(CO)cc2c1. The van der Waals surface area contributed by atoms with Gasteiger partial charge in [-0.3, -0.25) is 0 Å². The molecule has 0 fully saturated rings. The summed E-state index contributed by atoms with van der Waals surface area (Å²) < 4.78 is 0. The highest BCUT2D eigenvalue weighted by Gasteiger charge is 1.97. The van der Waals surface area contributed by atoms with Gasteiger partial charge in [0.15, 0.2) is 0 Å². The van der Waals surface area contributed by atoms with Gasteiger partial charge >= 0.3 is 0 Å². The van der Waals surface area contributed by atoms with Gasteiger partial charge in [0.2, 0.25) is 0 Å². The predicted octanol–water partition coefficient (Wildman–Crippen LogP) is 2.20. The third-order valence-electron chi connectivity index (χ3n) is 2.22. The molecule has 14 heavy (non-hydrogen) atoms. The molecule has 2 nitrogen and oxygen atoms in total. The molecule has 2 aromatic carbocycles. The summed E-state index contributed by atoms with van der Waals surface area (Å²) in [5, 5.41) is 19.8. The highest BCUT2D eigenvalue weighted by molar-refractivity contribution is 5.84. The van der Waals surface area contributed by atoms with Gasteiger partial charge in [0, 0.05) is 0 Å². The first kappa shape index (κ1) is 8.74. The second-order valence-corrected chi connectivity index (χ2v) is 3.17. The van der Waals surface area contributed by atoms with E-state index in [4.69, 9.17) is 10.4 Å². The summed E-state index contributed by atoms with van der Waals surface area (Å²) in [5.74, 6) is 0. The lowest BCUT2D eigenvalue weighted by Crippen LogP contribution is -1.83. The van der Waals surface area contributed by atoms with Gasteiger partial charge in [0.05, 0.1) is 18.2 Å². The van der Waals surface area contributed by atoms with Crippen molar-refractivity contribution in [3.8, 4) is 6.07 Å². The number of benzene rings is 2. The lowest BCUT2D eigenvalue weighted by Gasteiger charge is -2.00. The lowest BCUT2D eigenvalue weighted by atomic mass is 10.1. The summed E-state index contributed by atoms with van der Waals surface area (Å²) in [4.78, 5) is 0. The van der Waals surface area contributed by atoms with Crippen LogP contribution in [0.15, 0.2) is 36.4 Å². The van der Waals surface area contributed by atoms with Crippen molar-refractivity contribution < 1.29 is 5.11 Å². The van der Waals surface area contributed by atoms with Gasteiger partial charge in [-0.25, -0.2) is 0 Å². The van der Waals surface area contributed by atoms with Crippen LogP contribution in [-0.4, -0.2) is 5.11 Å². The number of hydrogen-bond acceptors (Lipinski definition) is 2. The maximum Gasteiger partial charge on any atom is 0.0991 e. The van der Waals surface area contributed by atoms with Crippen LogP contribution in [0.4, 0.5) is 0 Å². The summed E-state index contributed by atoms with van der Waals surface area (Å²) in [6.07, 6.45) is 0. The Balaban J connectivity index is 2.67. The predicted molar refractivity (Wildman–Crippen MR) is 54.6 cm³/mol. The Morgan fingerprint density at radius 2 is 1.86 bits per heavy atom. The lowest BCUT2D eigenvalue weighted by molar-refractivity contribution is 0.282. The first-order valence-electron chi connectivity index (χ1n) is 4.37. The van der Waals surface area contributed by atoms with Crippen LogP contribution in [0.1, 0.15) is 11.1 Å². The normalized spacial score (nSPS) is 10.0. The van der Waals surface area contributed by atoms with E-state index in [-0.39, 0.29) is 6.61 Å². The smallest absolute Gasteiger partial charge is 0.0991 e. The largest absolute Gasteiger partial charge is 0.392 e. The van der Waals surface area contributed by atoms with Crippen LogP contribution < -0.4 is 0 Å². The topological polar surface area (TPSA) is 44.0 Å². The first-order chi connectivity index (χ1) is 6.83. The van der Waals surface area contributed by atoms with Crippen molar-refractivity contribution in [3.05, 3.63) is 47.5 Å². The summed E-state index contributed by atoms with van der Waals surface area (Å²) in [5.41, 5.74) is 1.51. The molecule has 2 rings (SSSR count). The van der Waals surface area contributed by atoms with Gasteiger partial charge in [0.25, 0.3) is 0 Å². The molecule has 1 N–H and O–H groups in total. The molecule has 0 aromatic heterocycles. The number of rotatable bonds is 1. The maximum atomic E-state index is 8.96. The molecule has 0 amide bonds. The Morgan fingerprint density at radius 1 is 1.07 bits per heavy atom. The van der Waals surface area contributed by atoms with E-state index in [1.165, 1.54) is 0 Å². The zero-order chi connectivity index (χ0) is 9.97. The molecular formula is C12H9NO. The minimum Gasteiger partial charge on any atom is -0.392 e. The van der Waals surface area contributed by atoms with Crippen molar-refractivity contribution in [2.24, 2.45) is 0 Å². The van der Waals surface area contributed by atoms with Gasteiger partial charge < -0.3 is 5.11 Å². The second-order valence-electron chi connectivity index (χ2n) is 3.17. The fourth-order valence-corrected chi connectivity index (χ4v) is 1.46. The molecule has 0 saturated carbocycles. The van der Waals surface area contributed by atoms with E-state index in [0.717, 1.165) is 16.3 Å². The average Bonchev–Trinajstić information content (AvgIpc) is 2.27. The standard InChI is InChI=1S/C12H9NO/c13-7-9-1-3-11-4-2-10(8-14)6-12(11)5-9/h1-6,14H,8H2. The van der Waals surface area contributed by atoms with Crippen molar-refractivity contribution >= 4 is 10.8 Å². The van der Waals surface area contributed by atoms with E-state index >= 15 is 0 Å². The minimum atomic E-state index is 0.0344. The van der Waals surface area contributed by atoms with Crippen LogP contribution in [0.3, 0.4) is 0 Å². The molecule has 0 aliphatic heterocycles. The van der Waals surface area contributed by atoms with Crippen LogP contribution in [0, 0.1) is 11.3 Å². The highest BCUT2D eigenvalue weighted by atomic mass is 16.3. The second kappa shape index (κ2) is 3.49. The Hall–Kier alpha value is -1.85. The van der Waals surface area contributed by atoms with E-state index in [1.807, 2.05) is 30.3 Å². The monoisotopic (exact) mass is 183 g/mol. The van der Waals surface area contributed by atoms with E-state index in [1.54, 1.807) is 6.07 Å². The van der Waals surface area contributed by atoms with Crippen LogP contribution in [0.25, 0.3) is 10.8 Å². The van der Waals surface area contributed by atoms with Gasteiger partial charge in [0.1, 0.15) is 0 Å². The van der Waals surface area contributed by atoms with Crippen LogP contribution in [-0.2, 0) is 6.61 Å². The van der Waals surface area contributed by atoms with Gasteiger partial charge in [-0.05, 0) is 34.5 Å². The van der Waals surface area contributed by atoms with Crippen molar-refractivity contribution in [1.82, 2.24) is 0 Å². The van der Waals surface area contributed by atoms with E-state index in [0.29, 0.717) is 5.56 Å². The minimum absolute atomic E-state index is 0.0344. The summed E-state index contributed by atoms with van der Waals surface area (Å²) >= 11 is 0. The Kier molecular flexibility index (Phi) is 2.18. The molecule has 0 heterocycles. The van der Waals surface area contributed by atoms with E-state index < -0.39 is 0 Å². The molecule has 0 atom stereocenters. The number of nitriles is 1. The third kappa shape index (κ3) is 1.46. The summed E-state index contributed by atoms with van der Waals surface area (Å²) in [7, 11) is 0. The highest BCUT2D eigenvalue weighted by Crippen LogP contribution is 2.17. The van der Waals surface area contributed by atoms with Crippen molar-refractivity contribution in [2.75, 3.05) is 0 Å². The zero-order valence-corrected chi connectivity index (χ0v) is 7.57. The molecule has 0 spiro atoms.